The van der Waals surface area contributed by atoms with Gasteiger partial charge in [-0.05, 0) is 18.3 Å². The van der Waals surface area contributed by atoms with E-state index in [2.05, 4.69) is 45.7 Å². The molecule has 0 heterocycles. The van der Waals surface area contributed by atoms with E-state index in [4.69, 9.17) is 14.2 Å². The molecule has 3 nitrogen and oxygen atoms in total. The van der Waals surface area contributed by atoms with Gasteiger partial charge in [0.15, 0.2) is 0 Å². The lowest BCUT2D eigenvalue weighted by molar-refractivity contribution is 0.0104. The Hall–Kier alpha value is 0.840. The summed E-state index contributed by atoms with van der Waals surface area (Å²) in [6.45, 7) is 8.68. The highest BCUT2D eigenvalue weighted by Crippen LogP contribution is 2.26. The normalized spacial score (nSPS) is 12.0. The number of halogens is 2. The highest BCUT2D eigenvalue weighted by Gasteiger charge is 2.20. The van der Waals surface area contributed by atoms with Crippen molar-refractivity contribution in [3.05, 3.63) is 0 Å². The third kappa shape index (κ3) is 12.3. The first-order valence-corrected chi connectivity index (χ1v) is 9.28. The number of hydrogen-bond donors (Lipinski definition) is 0. The van der Waals surface area contributed by atoms with Crippen molar-refractivity contribution in [1.29, 1.82) is 0 Å². The summed E-state index contributed by atoms with van der Waals surface area (Å²) >= 11 is 7.07. The van der Waals surface area contributed by atoms with E-state index in [9.17, 15) is 0 Å². The first-order valence-electron chi connectivity index (χ1n) is 7.03. The highest BCUT2D eigenvalue weighted by atomic mass is 79.9. The van der Waals surface area contributed by atoms with Crippen molar-refractivity contribution in [2.45, 2.75) is 33.1 Å². The number of alkyl halides is 2. The first kappa shape index (κ1) is 19.8. The van der Waals surface area contributed by atoms with Crippen molar-refractivity contribution in [2.75, 3.05) is 50.3 Å². The van der Waals surface area contributed by atoms with Crippen molar-refractivity contribution in [2.24, 2.45) is 5.41 Å². The molecule has 0 N–H and O–H groups in total. The minimum absolute atomic E-state index is 0.272. The zero-order chi connectivity index (χ0) is 14.4. The molecule has 0 saturated heterocycles. The first-order chi connectivity index (χ1) is 9.18. The van der Waals surface area contributed by atoms with Gasteiger partial charge in [0.2, 0.25) is 0 Å². The van der Waals surface area contributed by atoms with Crippen LogP contribution in [-0.4, -0.2) is 50.3 Å². The second-order valence-corrected chi connectivity index (χ2v) is 6.14. The summed E-state index contributed by atoms with van der Waals surface area (Å²) in [5.41, 5.74) is 0.272. The van der Waals surface area contributed by atoms with Crippen LogP contribution in [0.1, 0.15) is 33.1 Å². The molecule has 0 unspecified atom stereocenters. The van der Waals surface area contributed by atoms with E-state index in [-0.39, 0.29) is 5.41 Å². The summed E-state index contributed by atoms with van der Waals surface area (Å²) in [6.07, 6.45) is 3.35. The molecule has 0 atom stereocenters. The summed E-state index contributed by atoms with van der Waals surface area (Å²) in [5.74, 6) is 0. The van der Waals surface area contributed by atoms with Crippen LogP contribution in [0.3, 0.4) is 0 Å². The fourth-order valence-electron chi connectivity index (χ4n) is 1.28. The largest absolute Gasteiger partial charge is 0.379 e. The monoisotopic (exact) mass is 402 g/mol. The van der Waals surface area contributed by atoms with E-state index in [1.807, 2.05) is 0 Å². The minimum atomic E-state index is 0.272. The van der Waals surface area contributed by atoms with Gasteiger partial charge in [-0.3, -0.25) is 0 Å². The predicted octanol–water partition coefficient (Wildman–Crippen LogP) is 4.02. The molecule has 0 spiro atoms. The molecular weight excluding hydrogens is 376 g/mol. The average Bonchev–Trinajstić information content (AvgIpc) is 2.44. The molecule has 0 rings (SSSR count). The standard InChI is InChI=1S/C14H28Br2O3/c1-3-4-6-17-8-10-19-11-9-18-7-5-14(2,12-15)13-16/h3-13H2,1-2H3. The Labute approximate surface area is 135 Å². The van der Waals surface area contributed by atoms with Crippen LogP contribution in [-0.2, 0) is 14.2 Å². The lowest BCUT2D eigenvalue weighted by Crippen LogP contribution is -2.23. The third-order valence-corrected chi connectivity index (χ3v) is 5.59. The molecule has 116 valence electrons. The maximum atomic E-state index is 5.57. The molecule has 19 heavy (non-hydrogen) atoms. The van der Waals surface area contributed by atoms with Gasteiger partial charge in [-0.1, -0.05) is 52.1 Å². The summed E-state index contributed by atoms with van der Waals surface area (Å²) < 4.78 is 16.4. The van der Waals surface area contributed by atoms with Crippen LogP contribution < -0.4 is 0 Å². The van der Waals surface area contributed by atoms with Crippen LogP contribution in [0.4, 0.5) is 0 Å². The van der Waals surface area contributed by atoms with Gasteiger partial charge < -0.3 is 14.2 Å². The second-order valence-electron chi connectivity index (χ2n) is 5.02. The van der Waals surface area contributed by atoms with Gasteiger partial charge in [0.1, 0.15) is 0 Å². The number of ether oxygens (including phenoxy) is 3. The second kappa shape index (κ2) is 13.8. The maximum absolute atomic E-state index is 5.57. The molecule has 5 heteroatoms. The highest BCUT2D eigenvalue weighted by molar-refractivity contribution is 9.09. The molecule has 0 aliphatic rings. The summed E-state index contributed by atoms with van der Waals surface area (Å²) in [5, 5.41) is 1.97. The van der Waals surface area contributed by atoms with E-state index in [0.29, 0.717) is 26.4 Å². The topological polar surface area (TPSA) is 27.7 Å². The number of hydrogen-bond acceptors (Lipinski definition) is 3. The Morgan fingerprint density at radius 3 is 1.74 bits per heavy atom. The maximum Gasteiger partial charge on any atom is 0.0701 e. The van der Waals surface area contributed by atoms with Crippen LogP contribution in [0, 0.1) is 5.41 Å². The molecule has 0 amide bonds. The zero-order valence-electron chi connectivity index (χ0n) is 12.3. The van der Waals surface area contributed by atoms with Crippen molar-refractivity contribution in [1.82, 2.24) is 0 Å². The SMILES string of the molecule is CCCCOCCOCCOCCC(C)(CBr)CBr. The van der Waals surface area contributed by atoms with E-state index in [1.54, 1.807) is 0 Å². The van der Waals surface area contributed by atoms with Crippen LogP contribution in [0.25, 0.3) is 0 Å². The quantitative estimate of drug-likeness (QED) is 0.323. The fraction of sp³-hybridized carbons (Fsp3) is 1.00. The van der Waals surface area contributed by atoms with Gasteiger partial charge in [-0.25, -0.2) is 0 Å². The Balaban J connectivity index is 3.19. The molecular formula is C14H28Br2O3. The molecule has 0 saturated carbocycles. The zero-order valence-corrected chi connectivity index (χ0v) is 15.4. The average molecular weight is 404 g/mol. The van der Waals surface area contributed by atoms with Crippen LogP contribution in [0.5, 0.6) is 0 Å². The summed E-state index contributed by atoms with van der Waals surface area (Å²) in [7, 11) is 0. The molecule has 0 aliphatic heterocycles. The van der Waals surface area contributed by atoms with Gasteiger partial charge in [0.05, 0.1) is 26.4 Å². The molecule has 0 fully saturated rings. The number of rotatable bonds is 14. The van der Waals surface area contributed by atoms with Gasteiger partial charge in [0.25, 0.3) is 0 Å². The Morgan fingerprint density at radius 2 is 1.26 bits per heavy atom. The molecule has 0 aromatic rings. The van der Waals surface area contributed by atoms with Gasteiger partial charge in [-0.15, -0.1) is 0 Å². The van der Waals surface area contributed by atoms with Crippen LogP contribution in [0.15, 0.2) is 0 Å². The lowest BCUT2D eigenvalue weighted by atomic mass is 9.93. The van der Waals surface area contributed by atoms with Gasteiger partial charge in [0, 0.05) is 23.9 Å². The molecule has 0 aliphatic carbocycles. The van der Waals surface area contributed by atoms with Crippen molar-refractivity contribution in [3.63, 3.8) is 0 Å². The molecule has 0 radical (unpaired) electrons. The summed E-state index contributed by atoms with van der Waals surface area (Å²) in [6, 6.07) is 0. The van der Waals surface area contributed by atoms with Crippen LogP contribution in [0.2, 0.25) is 0 Å². The lowest BCUT2D eigenvalue weighted by Gasteiger charge is -2.24. The van der Waals surface area contributed by atoms with Gasteiger partial charge in [-0.2, -0.15) is 0 Å². The molecule has 0 aromatic carbocycles. The van der Waals surface area contributed by atoms with E-state index >= 15 is 0 Å². The van der Waals surface area contributed by atoms with E-state index in [0.717, 1.165) is 36.7 Å². The van der Waals surface area contributed by atoms with E-state index in [1.165, 1.54) is 6.42 Å². The summed E-state index contributed by atoms with van der Waals surface area (Å²) in [4.78, 5) is 0. The fourth-order valence-corrected chi connectivity index (χ4v) is 2.77. The van der Waals surface area contributed by atoms with Crippen molar-refractivity contribution >= 4 is 31.9 Å². The van der Waals surface area contributed by atoms with Crippen molar-refractivity contribution in [3.8, 4) is 0 Å². The molecule has 0 aromatic heterocycles. The smallest absolute Gasteiger partial charge is 0.0701 e. The third-order valence-electron chi connectivity index (χ3n) is 2.88. The van der Waals surface area contributed by atoms with Crippen molar-refractivity contribution < 1.29 is 14.2 Å². The predicted molar refractivity (Wildman–Crippen MR) is 87.7 cm³/mol. The van der Waals surface area contributed by atoms with E-state index < -0.39 is 0 Å². The number of unbranched alkanes of at least 4 members (excludes halogenated alkanes) is 1. The van der Waals surface area contributed by atoms with Gasteiger partial charge >= 0.3 is 0 Å². The Kier molecular flexibility index (Phi) is 14.4. The van der Waals surface area contributed by atoms with Crippen LogP contribution >= 0.6 is 31.9 Å². The Morgan fingerprint density at radius 1 is 0.789 bits per heavy atom. The molecule has 0 bridgehead atoms. The Bertz CT molecular complexity index is 188. The minimum Gasteiger partial charge on any atom is -0.379 e.